The molecule has 2 atom stereocenters. The van der Waals surface area contributed by atoms with Crippen molar-refractivity contribution in [3.05, 3.63) is 33.8 Å². The predicted molar refractivity (Wildman–Crippen MR) is 89.8 cm³/mol. The number of piperidine rings is 1. The Morgan fingerprint density at radius 1 is 1.39 bits per heavy atom. The Hall–Kier alpha value is -1.30. The van der Waals surface area contributed by atoms with Crippen molar-refractivity contribution >= 4 is 35.0 Å². The maximum atomic E-state index is 12.6. The van der Waals surface area contributed by atoms with Crippen molar-refractivity contribution in [2.45, 2.75) is 25.8 Å². The van der Waals surface area contributed by atoms with Gasteiger partial charge in [0.25, 0.3) is 5.91 Å². The van der Waals surface area contributed by atoms with Crippen LogP contribution >= 0.6 is 23.2 Å². The van der Waals surface area contributed by atoms with Crippen LogP contribution in [0.1, 0.15) is 30.1 Å². The Balaban J connectivity index is 2.03. The molecule has 126 valence electrons. The molecule has 0 radical (unpaired) electrons. The molecule has 0 unspecified atom stereocenters. The first kappa shape index (κ1) is 18.0. The van der Waals surface area contributed by atoms with Gasteiger partial charge in [0.1, 0.15) is 0 Å². The first-order valence-electron chi connectivity index (χ1n) is 7.58. The molecule has 7 heteroatoms. The standard InChI is InChI=1S/C16H20Cl2N2O3/c1-10(9-21)19-15(22)12-3-2-6-20(8-12)16(23)11-4-5-13(17)14(18)7-11/h4-5,7,10,12,21H,2-3,6,8-9H2,1H3,(H,19,22)/t10-,12-/m0/s1. The summed E-state index contributed by atoms with van der Waals surface area (Å²) in [7, 11) is 0. The Morgan fingerprint density at radius 2 is 2.13 bits per heavy atom. The lowest BCUT2D eigenvalue weighted by molar-refractivity contribution is -0.127. The van der Waals surface area contributed by atoms with Crippen molar-refractivity contribution < 1.29 is 14.7 Å². The topological polar surface area (TPSA) is 69.6 Å². The van der Waals surface area contributed by atoms with Crippen molar-refractivity contribution in [2.24, 2.45) is 5.92 Å². The van der Waals surface area contributed by atoms with Gasteiger partial charge in [0, 0.05) is 24.7 Å². The fraction of sp³-hybridized carbons (Fsp3) is 0.500. The number of benzene rings is 1. The van der Waals surface area contributed by atoms with Crippen molar-refractivity contribution in [2.75, 3.05) is 19.7 Å². The van der Waals surface area contributed by atoms with E-state index in [0.717, 1.165) is 12.8 Å². The van der Waals surface area contributed by atoms with E-state index in [1.54, 1.807) is 30.0 Å². The summed E-state index contributed by atoms with van der Waals surface area (Å²) in [5.41, 5.74) is 0.462. The van der Waals surface area contributed by atoms with Crippen LogP contribution in [-0.4, -0.2) is 47.6 Å². The molecule has 0 aromatic heterocycles. The van der Waals surface area contributed by atoms with Crippen LogP contribution in [0.4, 0.5) is 0 Å². The van der Waals surface area contributed by atoms with Gasteiger partial charge >= 0.3 is 0 Å². The molecule has 1 aromatic rings. The molecular formula is C16H20Cl2N2O3. The average Bonchev–Trinajstić information content (AvgIpc) is 2.56. The third-order valence-electron chi connectivity index (χ3n) is 3.91. The molecule has 1 aliphatic heterocycles. The minimum Gasteiger partial charge on any atom is -0.394 e. The van der Waals surface area contributed by atoms with E-state index >= 15 is 0 Å². The second kappa shape index (κ2) is 7.99. The number of amides is 2. The van der Waals surface area contributed by atoms with E-state index < -0.39 is 0 Å². The highest BCUT2D eigenvalue weighted by Crippen LogP contribution is 2.25. The zero-order valence-electron chi connectivity index (χ0n) is 12.9. The molecule has 1 aromatic carbocycles. The zero-order chi connectivity index (χ0) is 17.0. The van der Waals surface area contributed by atoms with Gasteiger partial charge in [0.2, 0.25) is 5.91 Å². The molecule has 1 aliphatic rings. The number of aliphatic hydroxyl groups is 1. The van der Waals surface area contributed by atoms with Gasteiger partial charge in [-0.2, -0.15) is 0 Å². The van der Waals surface area contributed by atoms with Gasteiger partial charge in [0.15, 0.2) is 0 Å². The Kier molecular flexibility index (Phi) is 6.27. The molecule has 0 bridgehead atoms. The molecular weight excluding hydrogens is 339 g/mol. The lowest BCUT2D eigenvalue weighted by Crippen LogP contribution is -2.47. The second-order valence-electron chi connectivity index (χ2n) is 5.81. The molecule has 5 nitrogen and oxygen atoms in total. The van der Waals surface area contributed by atoms with E-state index in [4.69, 9.17) is 28.3 Å². The van der Waals surface area contributed by atoms with E-state index in [0.29, 0.717) is 28.7 Å². The number of halogens is 2. The van der Waals surface area contributed by atoms with E-state index in [9.17, 15) is 9.59 Å². The van der Waals surface area contributed by atoms with Gasteiger partial charge in [-0.15, -0.1) is 0 Å². The summed E-state index contributed by atoms with van der Waals surface area (Å²) >= 11 is 11.8. The second-order valence-corrected chi connectivity index (χ2v) is 6.63. The van der Waals surface area contributed by atoms with Crippen LogP contribution in [0.25, 0.3) is 0 Å². The molecule has 1 fully saturated rings. The summed E-state index contributed by atoms with van der Waals surface area (Å²) in [5, 5.41) is 12.5. The van der Waals surface area contributed by atoms with Gasteiger partial charge < -0.3 is 15.3 Å². The zero-order valence-corrected chi connectivity index (χ0v) is 14.4. The van der Waals surface area contributed by atoms with Crippen LogP contribution < -0.4 is 5.32 Å². The van der Waals surface area contributed by atoms with Gasteiger partial charge in [-0.05, 0) is 38.0 Å². The highest BCUT2D eigenvalue weighted by molar-refractivity contribution is 6.42. The van der Waals surface area contributed by atoms with Crippen LogP contribution in [0.2, 0.25) is 10.0 Å². The lowest BCUT2D eigenvalue weighted by Gasteiger charge is -2.32. The molecule has 2 amide bonds. The highest BCUT2D eigenvalue weighted by Gasteiger charge is 2.29. The Bertz CT molecular complexity index is 595. The summed E-state index contributed by atoms with van der Waals surface area (Å²) in [6.07, 6.45) is 1.49. The first-order valence-corrected chi connectivity index (χ1v) is 8.33. The Morgan fingerprint density at radius 3 is 2.78 bits per heavy atom. The maximum Gasteiger partial charge on any atom is 0.253 e. The minimum atomic E-state index is -0.288. The number of nitrogens with one attached hydrogen (secondary N) is 1. The minimum absolute atomic E-state index is 0.107. The normalized spacial score (nSPS) is 19.3. The monoisotopic (exact) mass is 358 g/mol. The number of carbonyl (C=O) groups is 2. The van der Waals surface area contributed by atoms with Crippen LogP contribution in [-0.2, 0) is 4.79 Å². The number of aliphatic hydroxyl groups excluding tert-OH is 1. The van der Waals surface area contributed by atoms with E-state index in [-0.39, 0.29) is 30.4 Å². The van der Waals surface area contributed by atoms with Gasteiger partial charge in [-0.1, -0.05) is 23.2 Å². The van der Waals surface area contributed by atoms with Crippen LogP contribution in [0.15, 0.2) is 18.2 Å². The number of likely N-dealkylation sites (tertiary alicyclic amines) is 1. The summed E-state index contributed by atoms with van der Waals surface area (Å²) in [6.45, 7) is 2.60. The van der Waals surface area contributed by atoms with Crippen molar-refractivity contribution in [3.8, 4) is 0 Å². The average molecular weight is 359 g/mol. The maximum absolute atomic E-state index is 12.6. The van der Waals surface area contributed by atoms with E-state index in [1.165, 1.54) is 0 Å². The molecule has 0 spiro atoms. The van der Waals surface area contributed by atoms with Crippen LogP contribution in [0, 0.1) is 5.92 Å². The summed E-state index contributed by atoms with van der Waals surface area (Å²) in [6, 6.07) is 4.48. The summed E-state index contributed by atoms with van der Waals surface area (Å²) in [5.74, 6) is -0.543. The molecule has 2 rings (SSSR count). The van der Waals surface area contributed by atoms with E-state index in [1.807, 2.05) is 0 Å². The van der Waals surface area contributed by atoms with Gasteiger partial charge in [-0.25, -0.2) is 0 Å². The first-order chi connectivity index (χ1) is 10.9. The van der Waals surface area contributed by atoms with Gasteiger partial charge in [0.05, 0.1) is 22.6 Å². The third-order valence-corrected chi connectivity index (χ3v) is 4.65. The summed E-state index contributed by atoms with van der Waals surface area (Å²) < 4.78 is 0. The molecule has 0 saturated carbocycles. The highest BCUT2D eigenvalue weighted by atomic mass is 35.5. The van der Waals surface area contributed by atoms with Crippen molar-refractivity contribution in [1.29, 1.82) is 0 Å². The predicted octanol–water partition coefficient (Wildman–Crippen LogP) is 2.34. The third kappa shape index (κ3) is 4.59. The van der Waals surface area contributed by atoms with Crippen LogP contribution in [0.3, 0.4) is 0 Å². The van der Waals surface area contributed by atoms with Crippen molar-refractivity contribution in [1.82, 2.24) is 10.2 Å². The van der Waals surface area contributed by atoms with Crippen LogP contribution in [0.5, 0.6) is 0 Å². The SMILES string of the molecule is C[C@@H](CO)NC(=O)[C@H]1CCCN(C(=O)c2ccc(Cl)c(Cl)c2)C1. The largest absolute Gasteiger partial charge is 0.394 e. The molecule has 2 N–H and O–H groups in total. The van der Waals surface area contributed by atoms with E-state index in [2.05, 4.69) is 5.32 Å². The molecule has 1 saturated heterocycles. The molecule has 23 heavy (non-hydrogen) atoms. The number of rotatable bonds is 4. The molecule has 1 heterocycles. The number of hydrogen-bond donors (Lipinski definition) is 2. The lowest BCUT2D eigenvalue weighted by atomic mass is 9.96. The number of carbonyl (C=O) groups excluding carboxylic acids is 2. The van der Waals surface area contributed by atoms with Crippen molar-refractivity contribution in [3.63, 3.8) is 0 Å². The quantitative estimate of drug-likeness (QED) is 0.867. The fourth-order valence-electron chi connectivity index (χ4n) is 2.59. The number of hydrogen-bond acceptors (Lipinski definition) is 3. The Labute approximate surface area is 145 Å². The molecule has 0 aliphatic carbocycles. The number of nitrogens with zero attached hydrogens (tertiary/aromatic N) is 1. The smallest absolute Gasteiger partial charge is 0.253 e. The summed E-state index contributed by atoms with van der Waals surface area (Å²) in [4.78, 5) is 26.4. The fourth-order valence-corrected chi connectivity index (χ4v) is 2.89. The van der Waals surface area contributed by atoms with Gasteiger partial charge in [-0.3, -0.25) is 9.59 Å².